The summed E-state index contributed by atoms with van der Waals surface area (Å²) in [7, 11) is 3.30. The van der Waals surface area contributed by atoms with Gasteiger partial charge in [0.15, 0.2) is 0 Å². The number of halogens is 4. The molecule has 12 nitrogen and oxygen atoms in total. The summed E-state index contributed by atoms with van der Waals surface area (Å²) < 4.78 is 50.1. The van der Waals surface area contributed by atoms with Gasteiger partial charge in [-0.2, -0.15) is 18.3 Å². The van der Waals surface area contributed by atoms with Crippen molar-refractivity contribution in [3.05, 3.63) is 74.8 Å². The second-order valence-electron chi connectivity index (χ2n) is 14.8. The van der Waals surface area contributed by atoms with E-state index in [9.17, 15) is 32.3 Å². The summed E-state index contributed by atoms with van der Waals surface area (Å²) in [5, 5.41) is 13.2. The van der Waals surface area contributed by atoms with Gasteiger partial charge in [0.1, 0.15) is 17.3 Å². The number of rotatable bonds is 9. The molecule has 16 heteroatoms. The molecule has 3 aliphatic rings. The number of ether oxygens (including phenoxy) is 1. The molecule has 4 aromatic rings. The van der Waals surface area contributed by atoms with Crippen LogP contribution < -0.4 is 20.9 Å². The second-order valence-corrected chi connectivity index (χ2v) is 15.2. The lowest BCUT2D eigenvalue weighted by Crippen LogP contribution is -2.47. The van der Waals surface area contributed by atoms with Crippen LogP contribution in [0.1, 0.15) is 61.1 Å². The number of aromatic amines is 1. The monoisotopic (exact) mass is 781 g/mol. The van der Waals surface area contributed by atoms with Crippen LogP contribution in [0.3, 0.4) is 0 Å². The van der Waals surface area contributed by atoms with Gasteiger partial charge >= 0.3 is 6.18 Å². The smallest absolute Gasteiger partial charge is 0.416 e. The molecule has 0 radical (unpaired) electrons. The highest BCUT2D eigenvalue weighted by Gasteiger charge is 2.37. The van der Waals surface area contributed by atoms with Crippen molar-refractivity contribution in [2.24, 2.45) is 13.0 Å². The molecule has 0 spiro atoms. The fourth-order valence-corrected chi connectivity index (χ4v) is 8.47. The Hall–Kier alpha value is -4.89. The zero-order valence-corrected chi connectivity index (χ0v) is 31.4. The number of H-pyrrole nitrogens is 1. The molecule has 3 fully saturated rings. The Morgan fingerprint density at radius 3 is 2.47 bits per heavy atom. The van der Waals surface area contributed by atoms with Gasteiger partial charge in [0.2, 0.25) is 17.7 Å². The van der Waals surface area contributed by atoms with Crippen molar-refractivity contribution in [2.45, 2.75) is 63.1 Å². The number of benzene rings is 2. The van der Waals surface area contributed by atoms with E-state index in [-0.39, 0.29) is 48.0 Å². The van der Waals surface area contributed by atoms with Gasteiger partial charge in [-0.1, -0.05) is 17.7 Å². The number of carbonyl (C=O) groups excluding carboxylic acids is 3. The summed E-state index contributed by atoms with van der Waals surface area (Å²) in [6.07, 6.45) is 2.36. The predicted molar refractivity (Wildman–Crippen MR) is 201 cm³/mol. The van der Waals surface area contributed by atoms with Crippen LogP contribution in [0.5, 0.6) is 5.75 Å². The summed E-state index contributed by atoms with van der Waals surface area (Å²) in [6.45, 7) is 2.46. The molecule has 292 valence electrons. The third-order valence-electron chi connectivity index (χ3n) is 11.3. The van der Waals surface area contributed by atoms with E-state index in [1.165, 1.54) is 10.6 Å². The van der Waals surface area contributed by atoms with Gasteiger partial charge in [-0.05, 0) is 98.8 Å². The van der Waals surface area contributed by atoms with Crippen molar-refractivity contribution in [3.63, 3.8) is 0 Å². The number of piperidine rings is 3. The first kappa shape index (κ1) is 38.4. The number of hydrogen-bond donors (Lipinski definition) is 3. The van der Waals surface area contributed by atoms with Crippen molar-refractivity contribution >= 4 is 45.9 Å². The highest BCUT2D eigenvalue weighted by molar-refractivity contribution is 6.32. The molecule has 3 saturated heterocycles. The summed E-state index contributed by atoms with van der Waals surface area (Å²) >= 11 is 6.88. The minimum Gasteiger partial charge on any atom is -0.496 e. The van der Waals surface area contributed by atoms with E-state index >= 15 is 0 Å². The lowest BCUT2D eigenvalue weighted by atomic mass is 9.86. The number of alkyl halides is 3. The number of imide groups is 1. The molecule has 1 unspecified atom stereocenters. The number of hydrogen-bond acceptors (Lipinski definition) is 8. The van der Waals surface area contributed by atoms with E-state index in [4.69, 9.17) is 16.3 Å². The fraction of sp³-hybridized carbons (Fsp3) is 0.462. The summed E-state index contributed by atoms with van der Waals surface area (Å²) in [5.74, 6) is -0.361. The summed E-state index contributed by atoms with van der Waals surface area (Å²) in [4.78, 5) is 53.4. The lowest BCUT2D eigenvalue weighted by molar-refractivity contribution is -0.139. The maximum absolute atomic E-state index is 14.3. The predicted octanol–water partition coefficient (Wildman–Crippen LogP) is 5.49. The number of likely N-dealkylation sites (tertiary alicyclic amines) is 2. The molecule has 7 rings (SSSR count). The van der Waals surface area contributed by atoms with Crippen molar-refractivity contribution in [1.82, 2.24) is 29.9 Å². The largest absolute Gasteiger partial charge is 0.496 e. The van der Waals surface area contributed by atoms with Crippen molar-refractivity contribution in [1.29, 1.82) is 0 Å². The molecule has 0 aliphatic carbocycles. The maximum atomic E-state index is 14.3. The van der Waals surface area contributed by atoms with Gasteiger partial charge in [-0.25, -0.2) is 0 Å². The molecule has 1 atom stereocenters. The van der Waals surface area contributed by atoms with Gasteiger partial charge in [0.25, 0.3) is 5.56 Å². The van der Waals surface area contributed by atoms with E-state index in [0.29, 0.717) is 59.9 Å². The van der Waals surface area contributed by atoms with E-state index in [1.54, 1.807) is 37.5 Å². The zero-order chi connectivity index (χ0) is 39.0. The van der Waals surface area contributed by atoms with Crippen LogP contribution in [0.4, 0.5) is 18.9 Å². The Bertz CT molecular complexity index is 2170. The van der Waals surface area contributed by atoms with E-state index in [0.717, 1.165) is 48.7 Å². The summed E-state index contributed by atoms with van der Waals surface area (Å²) in [5.41, 5.74) is 2.36. The molecule has 2 aromatic heterocycles. The number of anilines is 1. The SMILES string of the molecule is COc1cc(-c2cn(C)c(=O)c3[nH]ncc23)cc(Cl)c1CC1CCN(CC(=O)N2CCC(c3ccc(NC4CCC(=O)NC4=O)cc3C(F)(F)F)CC2)CC1. The van der Waals surface area contributed by atoms with E-state index in [2.05, 4.69) is 25.7 Å². The first-order valence-electron chi connectivity index (χ1n) is 18.5. The number of methoxy groups -OCH3 is 1. The highest BCUT2D eigenvalue weighted by Crippen LogP contribution is 2.41. The number of pyridine rings is 1. The molecule has 55 heavy (non-hydrogen) atoms. The second kappa shape index (κ2) is 15.7. The molecular weight excluding hydrogens is 739 g/mol. The average Bonchev–Trinajstić information content (AvgIpc) is 3.66. The Balaban J connectivity index is 0.923. The summed E-state index contributed by atoms with van der Waals surface area (Å²) in [6, 6.07) is 7.08. The number of nitrogens with one attached hydrogen (secondary N) is 3. The number of aromatic nitrogens is 3. The van der Waals surface area contributed by atoms with Crippen molar-refractivity contribution in [3.8, 4) is 16.9 Å². The Morgan fingerprint density at radius 2 is 1.78 bits per heavy atom. The zero-order valence-electron chi connectivity index (χ0n) is 30.6. The molecule has 3 N–H and O–H groups in total. The molecular formula is C39H43ClF3N7O5. The van der Waals surface area contributed by atoms with E-state index in [1.807, 2.05) is 12.1 Å². The quantitative estimate of drug-likeness (QED) is 0.190. The number of amides is 3. The van der Waals surface area contributed by atoms with Crippen LogP contribution >= 0.6 is 11.6 Å². The topological polar surface area (TPSA) is 142 Å². The molecule has 2 aromatic carbocycles. The molecule has 0 bridgehead atoms. The number of carbonyl (C=O) groups is 3. The lowest BCUT2D eigenvalue weighted by Gasteiger charge is -2.36. The molecule has 3 amide bonds. The van der Waals surface area contributed by atoms with Crippen molar-refractivity contribution < 1.29 is 32.3 Å². The Kier molecular flexibility index (Phi) is 11.0. The van der Waals surface area contributed by atoms with Crippen LogP contribution in [-0.2, 0) is 34.0 Å². The number of aryl methyl sites for hydroxylation is 1. The maximum Gasteiger partial charge on any atom is 0.416 e. The average molecular weight is 782 g/mol. The van der Waals surface area contributed by atoms with Gasteiger partial charge in [-0.15, -0.1) is 0 Å². The van der Waals surface area contributed by atoms with E-state index < -0.39 is 29.6 Å². The minimum absolute atomic E-state index is 0.0258. The molecule has 3 aliphatic heterocycles. The van der Waals surface area contributed by atoms with Crippen LogP contribution in [-0.4, -0.2) is 88.2 Å². The third-order valence-corrected chi connectivity index (χ3v) is 11.6. The van der Waals surface area contributed by atoms with Gasteiger partial charge in [-0.3, -0.25) is 34.5 Å². The number of nitrogens with zero attached hydrogens (tertiary/aromatic N) is 4. The third kappa shape index (κ3) is 8.23. The molecule has 5 heterocycles. The van der Waals surface area contributed by atoms with Crippen LogP contribution in [0.25, 0.3) is 22.0 Å². The standard InChI is InChI=1S/C39H43ClF3N7O5/c1-48-20-29(28-19-44-47-36(28)38(48)54)24-16-31(40)27(33(17-24)55-2)15-22-7-11-49(12-8-22)21-35(52)50-13-9-23(10-14-50)26-4-3-25(18-30(26)39(41,42)43)45-32-5-6-34(51)46-37(32)53/h3-4,16-20,22-23,32,45H,5-15,21H2,1-2H3,(H,44,47)(H,46,51,53). The minimum atomic E-state index is -4.60. The van der Waals surface area contributed by atoms with Crippen molar-refractivity contribution in [2.75, 3.05) is 45.2 Å². The Morgan fingerprint density at radius 1 is 1.04 bits per heavy atom. The first-order valence-corrected chi connectivity index (χ1v) is 18.9. The van der Waals surface area contributed by atoms with Crippen LogP contribution in [0.2, 0.25) is 5.02 Å². The fourth-order valence-electron chi connectivity index (χ4n) is 8.18. The number of fused-ring (bicyclic) bond motifs is 1. The van der Waals surface area contributed by atoms with Crippen LogP contribution in [0.15, 0.2) is 47.5 Å². The van der Waals surface area contributed by atoms with Crippen LogP contribution in [0, 0.1) is 5.92 Å². The van der Waals surface area contributed by atoms with Gasteiger partial charge < -0.3 is 19.5 Å². The van der Waals surface area contributed by atoms with Gasteiger partial charge in [0, 0.05) is 60.0 Å². The normalized spacial score (nSPS) is 19.2. The highest BCUT2D eigenvalue weighted by atomic mass is 35.5. The Labute approximate surface area is 320 Å². The first-order chi connectivity index (χ1) is 26.3. The molecule has 0 saturated carbocycles. The van der Waals surface area contributed by atoms with Gasteiger partial charge in [0.05, 0.1) is 25.4 Å².